The van der Waals surface area contributed by atoms with Crippen molar-refractivity contribution in [1.29, 1.82) is 0 Å². The van der Waals surface area contributed by atoms with Crippen LogP contribution in [0.25, 0.3) is 0 Å². The van der Waals surface area contributed by atoms with E-state index in [4.69, 9.17) is 9.47 Å². The Morgan fingerprint density at radius 3 is 2.50 bits per heavy atom. The van der Waals surface area contributed by atoms with Gasteiger partial charge in [0.25, 0.3) is 0 Å². The molecule has 4 heteroatoms. The van der Waals surface area contributed by atoms with Crippen molar-refractivity contribution in [2.24, 2.45) is 5.92 Å². The van der Waals surface area contributed by atoms with Crippen LogP contribution in [0.3, 0.4) is 0 Å². The molecule has 1 heterocycles. The lowest BCUT2D eigenvalue weighted by atomic mass is 9.89. The summed E-state index contributed by atoms with van der Waals surface area (Å²) in [4.78, 5) is 10.5. The second kappa shape index (κ2) is 3.12. The van der Waals surface area contributed by atoms with Crippen LogP contribution in [0.2, 0.25) is 0 Å². The third-order valence-corrected chi connectivity index (χ3v) is 2.52. The van der Waals surface area contributed by atoms with Gasteiger partial charge in [-0.1, -0.05) is 6.92 Å². The summed E-state index contributed by atoms with van der Waals surface area (Å²) in [6, 6.07) is 0. The van der Waals surface area contributed by atoms with Crippen LogP contribution in [0.5, 0.6) is 0 Å². The minimum Gasteiger partial charge on any atom is -0.384 e. The number of aldehydes is 1. The second-order valence-corrected chi connectivity index (χ2v) is 3.32. The van der Waals surface area contributed by atoms with Crippen molar-refractivity contribution in [2.45, 2.75) is 31.8 Å². The molecule has 0 bridgehead atoms. The Morgan fingerprint density at radius 2 is 2.25 bits per heavy atom. The molecule has 0 aromatic rings. The van der Waals surface area contributed by atoms with Crippen molar-refractivity contribution in [1.82, 2.24) is 0 Å². The third-order valence-electron chi connectivity index (χ3n) is 2.52. The lowest BCUT2D eigenvalue weighted by molar-refractivity contribution is -0.181. The van der Waals surface area contributed by atoms with E-state index in [-0.39, 0.29) is 5.92 Å². The average molecular weight is 174 g/mol. The van der Waals surface area contributed by atoms with Crippen LogP contribution in [0.1, 0.15) is 13.8 Å². The second-order valence-electron chi connectivity index (χ2n) is 3.32. The molecule has 0 aromatic carbocycles. The molecule has 12 heavy (non-hydrogen) atoms. The fraction of sp³-hybridized carbons (Fsp3) is 0.875. The van der Waals surface area contributed by atoms with Gasteiger partial charge in [-0.05, 0) is 6.92 Å². The molecule has 0 spiro atoms. The van der Waals surface area contributed by atoms with E-state index in [2.05, 4.69) is 0 Å². The Morgan fingerprint density at radius 1 is 1.67 bits per heavy atom. The summed E-state index contributed by atoms with van der Waals surface area (Å²) in [5.41, 5.74) is -1.08. The van der Waals surface area contributed by atoms with Gasteiger partial charge >= 0.3 is 0 Å². The van der Waals surface area contributed by atoms with Crippen molar-refractivity contribution in [2.75, 3.05) is 7.11 Å². The van der Waals surface area contributed by atoms with E-state index in [0.29, 0.717) is 6.29 Å². The molecule has 1 aliphatic rings. The largest absolute Gasteiger partial charge is 0.384 e. The van der Waals surface area contributed by atoms with Crippen molar-refractivity contribution >= 4 is 6.29 Å². The van der Waals surface area contributed by atoms with Gasteiger partial charge in [-0.2, -0.15) is 0 Å². The van der Waals surface area contributed by atoms with Gasteiger partial charge in [-0.15, -0.1) is 0 Å². The van der Waals surface area contributed by atoms with E-state index >= 15 is 0 Å². The van der Waals surface area contributed by atoms with E-state index in [9.17, 15) is 9.90 Å². The van der Waals surface area contributed by atoms with E-state index in [1.165, 1.54) is 7.11 Å². The van der Waals surface area contributed by atoms with Crippen LogP contribution in [-0.2, 0) is 14.3 Å². The van der Waals surface area contributed by atoms with Gasteiger partial charge in [0.1, 0.15) is 18.0 Å². The number of hydrogen-bond donors (Lipinski definition) is 1. The molecular weight excluding hydrogens is 160 g/mol. The molecule has 0 unspecified atom stereocenters. The van der Waals surface area contributed by atoms with Crippen molar-refractivity contribution < 1.29 is 19.4 Å². The van der Waals surface area contributed by atoms with E-state index < -0.39 is 18.0 Å². The Labute approximate surface area is 71.5 Å². The number of hydrogen-bond acceptors (Lipinski definition) is 4. The first-order valence-corrected chi connectivity index (χ1v) is 3.90. The molecule has 70 valence electrons. The lowest BCUT2D eigenvalue weighted by Crippen LogP contribution is -2.41. The molecule has 1 fully saturated rings. The van der Waals surface area contributed by atoms with Crippen LogP contribution in [-0.4, -0.2) is 36.5 Å². The van der Waals surface area contributed by atoms with Crippen LogP contribution in [0.4, 0.5) is 0 Å². The number of carbonyl (C=O) groups excluding carboxylic acids is 1. The number of ether oxygens (including phenoxy) is 2. The van der Waals surface area contributed by atoms with E-state index in [0.717, 1.165) is 0 Å². The summed E-state index contributed by atoms with van der Waals surface area (Å²) in [6.45, 7) is 3.37. The minimum atomic E-state index is -1.08. The predicted molar refractivity (Wildman–Crippen MR) is 41.5 cm³/mol. The lowest BCUT2D eigenvalue weighted by Gasteiger charge is -2.25. The number of methoxy groups -OCH3 is 1. The highest BCUT2D eigenvalue weighted by atomic mass is 16.7. The molecule has 1 N–H and O–H groups in total. The van der Waals surface area contributed by atoms with Gasteiger partial charge in [0.15, 0.2) is 6.29 Å². The maximum Gasteiger partial charge on any atom is 0.186 e. The van der Waals surface area contributed by atoms with Gasteiger partial charge in [0.2, 0.25) is 0 Å². The van der Waals surface area contributed by atoms with E-state index in [1.54, 1.807) is 13.8 Å². The van der Waals surface area contributed by atoms with Gasteiger partial charge in [0.05, 0.1) is 0 Å². The molecule has 0 saturated carbocycles. The molecule has 0 aromatic heterocycles. The van der Waals surface area contributed by atoms with Crippen molar-refractivity contribution in [3.8, 4) is 0 Å². The Balaban J connectivity index is 2.79. The average Bonchev–Trinajstić information content (AvgIpc) is 2.25. The first-order valence-electron chi connectivity index (χ1n) is 3.90. The first-order chi connectivity index (χ1) is 5.54. The fourth-order valence-electron chi connectivity index (χ4n) is 1.39. The Hall–Kier alpha value is -0.450. The quantitative estimate of drug-likeness (QED) is 0.596. The van der Waals surface area contributed by atoms with Crippen molar-refractivity contribution in [3.05, 3.63) is 0 Å². The Bertz CT molecular complexity index is 178. The summed E-state index contributed by atoms with van der Waals surface area (Å²) in [5.74, 6) is -0.236. The topological polar surface area (TPSA) is 55.8 Å². The highest BCUT2D eigenvalue weighted by Gasteiger charge is 2.50. The molecule has 1 rings (SSSR count). The van der Waals surface area contributed by atoms with Gasteiger partial charge in [-0.3, -0.25) is 0 Å². The maximum atomic E-state index is 10.5. The first kappa shape index (κ1) is 9.64. The zero-order valence-corrected chi connectivity index (χ0v) is 7.48. The van der Waals surface area contributed by atoms with E-state index in [1.807, 2.05) is 0 Å². The fourth-order valence-corrected chi connectivity index (χ4v) is 1.39. The highest BCUT2D eigenvalue weighted by Crippen LogP contribution is 2.35. The molecule has 1 aliphatic heterocycles. The summed E-state index contributed by atoms with van der Waals surface area (Å²) in [5, 5.41) is 9.82. The van der Waals surface area contributed by atoms with Crippen LogP contribution >= 0.6 is 0 Å². The third kappa shape index (κ3) is 1.26. The normalized spacial score (nSPS) is 47.8. The van der Waals surface area contributed by atoms with Crippen LogP contribution in [0.15, 0.2) is 0 Å². The predicted octanol–water partition coefficient (Wildman–Crippen LogP) is -0.0563. The SMILES string of the molecule is CO[C@H]1O[C@H](C=O)[C@@H](C)[C@]1(C)O. The van der Waals surface area contributed by atoms with Gasteiger partial charge < -0.3 is 19.4 Å². The number of carbonyl (C=O) groups is 1. The molecule has 1 saturated heterocycles. The van der Waals surface area contributed by atoms with Gasteiger partial charge in [-0.25, -0.2) is 0 Å². The van der Waals surface area contributed by atoms with Crippen molar-refractivity contribution in [3.63, 3.8) is 0 Å². The summed E-state index contributed by atoms with van der Waals surface area (Å²) in [7, 11) is 1.44. The molecule has 4 nitrogen and oxygen atoms in total. The molecule has 0 amide bonds. The molecule has 0 radical (unpaired) electrons. The zero-order chi connectivity index (χ0) is 9.35. The Kier molecular flexibility index (Phi) is 2.51. The highest BCUT2D eigenvalue weighted by molar-refractivity contribution is 5.57. The smallest absolute Gasteiger partial charge is 0.186 e. The molecule has 0 aliphatic carbocycles. The zero-order valence-electron chi connectivity index (χ0n) is 7.48. The molecular formula is C8H14O4. The van der Waals surface area contributed by atoms with Crippen LogP contribution in [0, 0.1) is 5.92 Å². The number of rotatable bonds is 2. The standard InChI is InChI=1S/C8H14O4/c1-5-6(4-9)12-7(11-3)8(5,2)10/h4-7,10H,1-3H3/t5-,6-,7+,8+/m1/s1. The van der Waals surface area contributed by atoms with Crippen LogP contribution < -0.4 is 0 Å². The van der Waals surface area contributed by atoms with Gasteiger partial charge in [0, 0.05) is 13.0 Å². The monoisotopic (exact) mass is 174 g/mol. The minimum absolute atomic E-state index is 0.236. The maximum absolute atomic E-state index is 10.5. The summed E-state index contributed by atoms with van der Waals surface area (Å²) < 4.78 is 10.0. The number of aliphatic hydroxyl groups is 1. The summed E-state index contributed by atoms with van der Waals surface area (Å²) in [6.07, 6.45) is -0.578. The summed E-state index contributed by atoms with van der Waals surface area (Å²) >= 11 is 0. The molecule has 4 atom stereocenters.